The van der Waals surface area contributed by atoms with Gasteiger partial charge in [0.2, 0.25) is 0 Å². The van der Waals surface area contributed by atoms with E-state index in [9.17, 15) is 10.1 Å². The summed E-state index contributed by atoms with van der Waals surface area (Å²) < 4.78 is 0. The van der Waals surface area contributed by atoms with Crippen LogP contribution in [0.3, 0.4) is 0 Å². The number of hydrogen-bond donors (Lipinski definition) is 2. The van der Waals surface area contributed by atoms with E-state index in [2.05, 4.69) is 11.4 Å². The lowest BCUT2D eigenvalue weighted by Gasteiger charge is -2.14. The zero-order valence-corrected chi connectivity index (χ0v) is 12.8. The maximum absolute atomic E-state index is 11.9. The first-order valence-electron chi connectivity index (χ1n) is 6.75. The third-order valence-electron chi connectivity index (χ3n) is 3.28. The Balaban J connectivity index is 2.32. The van der Waals surface area contributed by atoms with Crippen molar-refractivity contribution in [2.45, 2.75) is 26.3 Å². The minimum atomic E-state index is -0.0329. The molecule has 1 heterocycles. The van der Waals surface area contributed by atoms with E-state index in [1.54, 1.807) is 6.92 Å². The van der Waals surface area contributed by atoms with Gasteiger partial charge >= 0.3 is 0 Å². The maximum atomic E-state index is 11.9. The smallest absolute Gasteiger partial charge is 0.174 e. The molecule has 0 radical (unpaired) electrons. The van der Waals surface area contributed by atoms with Gasteiger partial charge in [0, 0.05) is 12.5 Å². The Morgan fingerprint density at radius 2 is 2.10 bits per heavy atom. The molecular formula is C16H17N3OS. The summed E-state index contributed by atoms with van der Waals surface area (Å²) in [6.07, 6.45) is 0.378. The number of nitrogens with zero attached hydrogens (tertiary/aromatic N) is 1. The molecule has 0 bridgehead atoms. The third kappa shape index (κ3) is 3.06. The van der Waals surface area contributed by atoms with Gasteiger partial charge < -0.3 is 11.1 Å². The van der Waals surface area contributed by atoms with Crippen molar-refractivity contribution in [3.63, 3.8) is 0 Å². The summed E-state index contributed by atoms with van der Waals surface area (Å²) in [5, 5.41) is 13.2. The van der Waals surface area contributed by atoms with Crippen molar-refractivity contribution in [3.8, 4) is 6.07 Å². The largest absolute Gasteiger partial charge is 0.396 e. The number of carbonyl (C=O) groups excluding carboxylic acids is 1. The van der Waals surface area contributed by atoms with Gasteiger partial charge in [0.1, 0.15) is 16.6 Å². The molecule has 0 aliphatic carbocycles. The summed E-state index contributed by atoms with van der Waals surface area (Å²) >= 11 is 1.26. The fraction of sp³-hybridized carbons (Fsp3) is 0.250. The van der Waals surface area contributed by atoms with Crippen LogP contribution in [-0.4, -0.2) is 5.78 Å². The van der Waals surface area contributed by atoms with E-state index in [4.69, 9.17) is 5.73 Å². The second kappa shape index (κ2) is 6.42. The molecule has 4 nitrogen and oxygen atoms in total. The summed E-state index contributed by atoms with van der Waals surface area (Å²) in [6, 6.07) is 12.0. The molecule has 1 aromatic carbocycles. The second-order valence-corrected chi connectivity index (χ2v) is 5.73. The second-order valence-electron chi connectivity index (χ2n) is 4.71. The van der Waals surface area contributed by atoms with Gasteiger partial charge in [0.15, 0.2) is 5.78 Å². The Bertz CT molecular complexity index is 686. The van der Waals surface area contributed by atoms with Crippen LogP contribution in [0.1, 0.15) is 47.1 Å². The molecule has 2 aromatic rings. The van der Waals surface area contributed by atoms with E-state index >= 15 is 0 Å². The van der Waals surface area contributed by atoms with Crippen LogP contribution in [0, 0.1) is 11.3 Å². The Morgan fingerprint density at radius 3 is 2.67 bits per heavy atom. The Labute approximate surface area is 128 Å². The highest BCUT2D eigenvalue weighted by Gasteiger charge is 2.21. The number of rotatable bonds is 5. The number of nitrogens with one attached hydrogen (secondary N) is 1. The number of carbonyl (C=O) groups is 1. The molecule has 0 aliphatic rings. The van der Waals surface area contributed by atoms with E-state index < -0.39 is 0 Å². The third-order valence-corrected chi connectivity index (χ3v) is 4.46. The topological polar surface area (TPSA) is 78.9 Å². The van der Waals surface area contributed by atoms with Crippen LogP contribution in [0.15, 0.2) is 30.3 Å². The minimum Gasteiger partial charge on any atom is -0.396 e. The summed E-state index contributed by atoms with van der Waals surface area (Å²) in [5.74, 6) is -0.0329. The molecule has 108 valence electrons. The predicted octanol–water partition coefficient (Wildman–Crippen LogP) is 3.97. The lowest BCUT2D eigenvalue weighted by Crippen LogP contribution is -2.06. The zero-order valence-electron chi connectivity index (χ0n) is 12.0. The summed E-state index contributed by atoms with van der Waals surface area (Å²) in [7, 11) is 0. The molecule has 3 N–H and O–H groups in total. The molecule has 0 amide bonds. The van der Waals surface area contributed by atoms with Crippen LogP contribution in [0.5, 0.6) is 0 Å². The highest BCUT2D eigenvalue weighted by Crippen LogP contribution is 2.37. The number of benzene rings is 1. The standard InChI is InChI=1S/C16H17N3OS/c1-3-13(20)15-14(18)12(9-17)16(21-15)19-10(2)11-7-5-4-6-8-11/h4-8,10,19H,3,18H2,1-2H3. The van der Waals surface area contributed by atoms with Crippen molar-refractivity contribution in [1.29, 1.82) is 5.26 Å². The molecule has 5 heteroatoms. The molecule has 2 rings (SSSR count). The number of nitrogens with two attached hydrogens (primary N) is 1. The molecule has 0 saturated carbocycles. The van der Waals surface area contributed by atoms with Gasteiger partial charge in [0.25, 0.3) is 0 Å². The van der Waals surface area contributed by atoms with Gasteiger partial charge in [0.05, 0.1) is 10.6 Å². The van der Waals surface area contributed by atoms with Gasteiger partial charge in [-0.1, -0.05) is 37.3 Å². The zero-order chi connectivity index (χ0) is 15.4. The van der Waals surface area contributed by atoms with E-state index in [0.717, 1.165) is 5.56 Å². The molecule has 1 unspecified atom stereocenters. The van der Waals surface area contributed by atoms with Gasteiger partial charge in [-0.05, 0) is 12.5 Å². The number of Topliss-reactive ketones (excluding diaryl/α,β-unsaturated/α-hetero) is 1. The van der Waals surface area contributed by atoms with Crippen molar-refractivity contribution < 1.29 is 4.79 Å². The van der Waals surface area contributed by atoms with Crippen LogP contribution >= 0.6 is 11.3 Å². The highest BCUT2D eigenvalue weighted by atomic mass is 32.1. The normalized spacial score (nSPS) is 11.7. The lowest BCUT2D eigenvalue weighted by atomic mass is 10.1. The van der Waals surface area contributed by atoms with Gasteiger partial charge in [-0.15, -0.1) is 11.3 Å². The highest BCUT2D eigenvalue weighted by molar-refractivity contribution is 7.19. The van der Waals surface area contributed by atoms with E-state index in [1.165, 1.54) is 11.3 Å². The first kappa shape index (κ1) is 15.1. The van der Waals surface area contributed by atoms with Crippen molar-refractivity contribution in [1.82, 2.24) is 0 Å². The van der Waals surface area contributed by atoms with Crippen LogP contribution in [0.4, 0.5) is 10.7 Å². The average Bonchev–Trinajstić information content (AvgIpc) is 2.83. The molecule has 1 aromatic heterocycles. The fourth-order valence-corrected chi connectivity index (χ4v) is 3.21. The van der Waals surface area contributed by atoms with E-state index in [-0.39, 0.29) is 17.5 Å². The molecule has 21 heavy (non-hydrogen) atoms. The molecule has 0 spiro atoms. The first-order chi connectivity index (χ1) is 10.1. The Morgan fingerprint density at radius 1 is 1.43 bits per heavy atom. The summed E-state index contributed by atoms with van der Waals surface area (Å²) in [6.45, 7) is 3.79. The van der Waals surface area contributed by atoms with Gasteiger partial charge in [-0.25, -0.2) is 0 Å². The van der Waals surface area contributed by atoms with Crippen LogP contribution in [0.2, 0.25) is 0 Å². The van der Waals surface area contributed by atoms with E-state index in [1.807, 2.05) is 37.3 Å². The maximum Gasteiger partial charge on any atom is 0.174 e. The SMILES string of the molecule is CCC(=O)c1sc(NC(C)c2ccccc2)c(C#N)c1N. The molecule has 0 fully saturated rings. The van der Waals surface area contributed by atoms with Crippen LogP contribution < -0.4 is 11.1 Å². The molecular weight excluding hydrogens is 282 g/mol. The van der Waals surface area contributed by atoms with Crippen LogP contribution in [-0.2, 0) is 0 Å². The number of thiophene rings is 1. The quantitative estimate of drug-likeness (QED) is 0.819. The number of hydrogen-bond acceptors (Lipinski definition) is 5. The minimum absolute atomic E-state index is 0.0286. The van der Waals surface area contributed by atoms with Crippen molar-refractivity contribution in [3.05, 3.63) is 46.3 Å². The molecule has 0 saturated heterocycles. The fourth-order valence-electron chi connectivity index (χ4n) is 2.05. The van der Waals surface area contributed by atoms with Gasteiger partial charge in [-0.2, -0.15) is 5.26 Å². The van der Waals surface area contributed by atoms with Crippen LogP contribution in [0.25, 0.3) is 0 Å². The first-order valence-corrected chi connectivity index (χ1v) is 7.57. The van der Waals surface area contributed by atoms with Crippen molar-refractivity contribution in [2.24, 2.45) is 0 Å². The molecule has 1 atom stereocenters. The number of nitrogen functional groups attached to an aromatic ring is 1. The van der Waals surface area contributed by atoms with Crippen molar-refractivity contribution >= 4 is 27.8 Å². The van der Waals surface area contributed by atoms with Gasteiger partial charge in [-0.3, -0.25) is 4.79 Å². The number of ketones is 1. The monoisotopic (exact) mass is 299 g/mol. The summed E-state index contributed by atoms with van der Waals surface area (Å²) in [4.78, 5) is 12.3. The van der Waals surface area contributed by atoms with Crippen molar-refractivity contribution in [2.75, 3.05) is 11.1 Å². The average molecular weight is 299 g/mol. The summed E-state index contributed by atoms with van der Waals surface area (Å²) in [5.41, 5.74) is 7.69. The number of nitriles is 1. The predicted molar refractivity (Wildman–Crippen MR) is 86.5 cm³/mol. The lowest BCUT2D eigenvalue weighted by molar-refractivity contribution is 0.0993. The Hall–Kier alpha value is -2.32. The number of anilines is 2. The Kier molecular flexibility index (Phi) is 4.61. The molecule has 0 aliphatic heterocycles. The van der Waals surface area contributed by atoms with E-state index in [0.29, 0.717) is 21.9 Å².